The molecule has 5 nitrogen and oxygen atoms in total. The van der Waals surface area contributed by atoms with Crippen molar-refractivity contribution < 1.29 is 4.79 Å². The van der Waals surface area contributed by atoms with Gasteiger partial charge in [-0.05, 0) is 45.7 Å². The van der Waals surface area contributed by atoms with Gasteiger partial charge in [0.05, 0.1) is 17.3 Å². The molecule has 1 fully saturated rings. The van der Waals surface area contributed by atoms with Crippen LogP contribution in [0.5, 0.6) is 0 Å². The lowest BCUT2D eigenvalue weighted by Crippen LogP contribution is -2.31. The SMILES string of the molecule is Cc1c(C(=O)N2C[C@@H](CN)[C@H](c3ccccc3)C2)cnn1C(C)(C)C. The molecule has 0 unspecified atom stereocenters. The summed E-state index contributed by atoms with van der Waals surface area (Å²) in [5, 5.41) is 4.44. The van der Waals surface area contributed by atoms with Crippen LogP contribution in [0.15, 0.2) is 36.5 Å². The number of rotatable bonds is 3. The highest BCUT2D eigenvalue weighted by atomic mass is 16.2. The van der Waals surface area contributed by atoms with Gasteiger partial charge in [-0.1, -0.05) is 30.3 Å². The Morgan fingerprint density at radius 2 is 1.92 bits per heavy atom. The molecule has 1 aliphatic heterocycles. The van der Waals surface area contributed by atoms with Crippen LogP contribution < -0.4 is 5.73 Å². The summed E-state index contributed by atoms with van der Waals surface area (Å²) < 4.78 is 1.92. The van der Waals surface area contributed by atoms with Gasteiger partial charge in [0.2, 0.25) is 0 Å². The third-order valence-corrected chi connectivity index (χ3v) is 5.13. The molecule has 2 atom stereocenters. The van der Waals surface area contributed by atoms with Crippen molar-refractivity contribution in [2.24, 2.45) is 11.7 Å². The maximum atomic E-state index is 13.1. The summed E-state index contributed by atoms with van der Waals surface area (Å²) >= 11 is 0. The molecular formula is C20H28N4O. The zero-order valence-corrected chi connectivity index (χ0v) is 15.6. The van der Waals surface area contributed by atoms with Crippen molar-refractivity contribution in [2.75, 3.05) is 19.6 Å². The maximum Gasteiger partial charge on any atom is 0.257 e. The van der Waals surface area contributed by atoms with E-state index in [4.69, 9.17) is 5.73 Å². The van der Waals surface area contributed by atoms with Crippen molar-refractivity contribution in [3.05, 3.63) is 53.3 Å². The molecular weight excluding hydrogens is 312 g/mol. The van der Waals surface area contributed by atoms with Gasteiger partial charge in [-0.15, -0.1) is 0 Å². The molecule has 0 radical (unpaired) electrons. The van der Waals surface area contributed by atoms with Gasteiger partial charge in [-0.25, -0.2) is 0 Å². The van der Waals surface area contributed by atoms with Gasteiger partial charge in [0.25, 0.3) is 5.91 Å². The number of aromatic nitrogens is 2. The molecule has 1 aromatic heterocycles. The molecule has 2 heterocycles. The van der Waals surface area contributed by atoms with E-state index in [0.29, 0.717) is 37.0 Å². The van der Waals surface area contributed by atoms with Crippen molar-refractivity contribution in [3.63, 3.8) is 0 Å². The quantitative estimate of drug-likeness (QED) is 0.934. The van der Waals surface area contributed by atoms with Gasteiger partial charge in [0, 0.05) is 24.7 Å². The van der Waals surface area contributed by atoms with Crippen LogP contribution in [0, 0.1) is 12.8 Å². The number of carbonyl (C=O) groups excluding carboxylic acids is 1. The van der Waals surface area contributed by atoms with E-state index >= 15 is 0 Å². The molecule has 1 saturated heterocycles. The number of carbonyl (C=O) groups is 1. The lowest BCUT2D eigenvalue weighted by Gasteiger charge is -2.22. The van der Waals surface area contributed by atoms with E-state index in [9.17, 15) is 4.79 Å². The van der Waals surface area contributed by atoms with Gasteiger partial charge in [0.1, 0.15) is 0 Å². The van der Waals surface area contributed by atoms with Crippen LogP contribution in [0.2, 0.25) is 0 Å². The lowest BCUT2D eigenvalue weighted by molar-refractivity contribution is 0.0785. The Morgan fingerprint density at radius 1 is 1.24 bits per heavy atom. The average molecular weight is 340 g/mol. The molecule has 0 bridgehead atoms. The molecule has 1 amide bonds. The first-order chi connectivity index (χ1) is 11.8. The summed E-state index contributed by atoms with van der Waals surface area (Å²) in [7, 11) is 0. The minimum absolute atomic E-state index is 0.0601. The van der Waals surface area contributed by atoms with Crippen LogP contribution in [0.3, 0.4) is 0 Å². The fraction of sp³-hybridized carbons (Fsp3) is 0.500. The second kappa shape index (κ2) is 6.64. The Labute approximate surface area is 149 Å². The predicted octanol–water partition coefficient (Wildman–Crippen LogP) is 2.76. The lowest BCUT2D eigenvalue weighted by atomic mass is 9.89. The fourth-order valence-electron chi connectivity index (χ4n) is 3.82. The summed E-state index contributed by atoms with van der Waals surface area (Å²) in [4.78, 5) is 15.0. The molecule has 2 aromatic rings. The molecule has 5 heteroatoms. The number of nitrogens with zero attached hydrogens (tertiary/aromatic N) is 3. The molecule has 25 heavy (non-hydrogen) atoms. The number of likely N-dealkylation sites (tertiary alicyclic amines) is 1. The molecule has 3 rings (SSSR count). The normalized spacial score (nSPS) is 20.9. The molecule has 2 N–H and O–H groups in total. The van der Waals surface area contributed by atoms with Crippen LogP contribution >= 0.6 is 0 Å². The fourth-order valence-corrected chi connectivity index (χ4v) is 3.82. The Kier molecular flexibility index (Phi) is 4.69. The highest BCUT2D eigenvalue weighted by molar-refractivity contribution is 5.95. The molecule has 0 saturated carbocycles. The third-order valence-electron chi connectivity index (χ3n) is 5.13. The molecule has 134 valence electrons. The zero-order valence-electron chi connectivity index (χ0n) is 15.6. The van der Waals surface area contributed by atoms with Crippen LogP contribution in [-0.2, 0) is 5.54 Å². The van der Waals surface area contributed by atoms with Crippen LogP contribution in [-0.4, -0.2) is 40.2 Å². The minimum atomic E-state index is -0.139. The Morgan fingerprint density at radius 3 is 2.48 bits per heavy atom. The highest BCUT2D eigenvalue weighted by Crippen LogP contribution is 2.33. The van der Waals surface area contributed by atoms with Gasteiger partial charge >= 0.3 is 0 Å². The zero-order chi connectivity index (χ0) is 18.2. The predicted molar refractivity (Wildman–Crippen MR) is 99.6 cm³/mol. The first-order valence-corrected chi connectivity index (χ1v) is 8.92. The van der Waals surface area contributed by atoms with E-state index in [1.165, 1.54) is 5.56 Å². The van der Waals surface area contributed by atoms with Crippen molar-refractivity contribution in [3.8, 4) is 0 Å². The Hall–Kier alpha value is -2.14. The van der Waals surface area contributed by atoms with Crippen LogP contribution in [0.25, 0.3) is 0 Å². The molecule has 1 aromatic carbocycles. The Bertz CT molecular complexity index is 745. The smallest absolute Gasteiger partial charge is 0.257 e. The largest absolute Gasteiger partial charge is 0.338 e. The van der Waals surface area contributed by atoms with E-state index in [0.717, 1.165) is 5.69 Å². The number of benzene rings is 1. The van der Waals surface area contributed by atoms with E-state index in [1.54, 1.807) is 6.20 Å². The van der Waals surface area contributed by atoms with E-state index < -0.39 is 0 Å². The summed E-state index contributed by atoms with van der Waals surface area (Å²) in [5.41, 5.74) is 8.74. The van der Waals surface area contributed by atoms with Crippen molar-refractivity contribution in [1.82, 2.24) is 14.7 Å². The second-order valence-electron chi connectivity index (χ2n) is 7.95. The molecule has 0 aliphatic carbocycles. The Balaban J connectivity index is 1.83. The second-order valence-corrected chi connectivity index (χ2v) is 7.95. The van der Waals surface area contributed by atoms with Crippen molar-refractivity contribution in [1.29, 1.82) is 0 Å². The summed E-state index contributed by atoms with van der Waals surface area (Å²) in [6.45, 7) is 10.2. The standard InChI is InChI=1S/C20H28N4O/c1-14-17(11-22-24(14)20(2,3)4)19(25)23-12-16(10-21)18(13-23)15-8-6-5-7-9-15/h5-9,11,16,18H,10,12-13,21H2,1-4H3/t16-,18+/m1/s1. The first kappa shape index (κ1) is 17.7. The number of hydrogen-bond acceptors (Lipinski definition) is 3. The molecule has 0 spiro atoms. The van der Waals surface area contributed by atoms with Crippen molar-refractivity contribution in [2.45, 2.75) is 39.2 Å². The summed E-state index contributed by atoms with van der Waals surface area (Å²) in [5.74, 6) is 0.655. The minimum Gasteiger partial charge on any atom is -0.338 e. The van der Waals surface area contributed by atoms with Gasteiger partial charge < -0.3 is 10.6 Å². The number of hydrogen-bond donors (Lipinski definition) is 1. The van der Waals surface area contributed by atoms with E-state index in [2.05, 4.69) is 38.0 Å². The van der Waals surface area contributed by atoms with Gasteiger partial charge in [0.15, 0.2) is 0 Å². The van der Waals surface area contributed by atoms with Crippen molar-refractivity contribution >= 4 is 5.91 Å². The average Bonchev–Trinajstić information content (AvgIpc) is 3.18. The van der Waals surface area contributed by atoms with E-state index in [-0.39, 0.29) is 11.4 Å². The monoisotopic (exact) mass is 340 g/mol. The third kappa shape index (κ3) is 3.33. The highest BCUT2D eigenvalue weighted by Gasteiger charge is 2.36. The molecule has 1 aliphatic rings. The number of amides is 1. The number of nitrogens with two attached hydrogens (primary N) is 1. The summed E-state index contributed by atoms with van der Waals surface area (Å²) in [6, 6.07) is 10.4. The summed E-state index contributed by atoms with van der Waals surface area (Å²) in [6.07, 6.45) is 1.70. The van der Waals surface area contributed by atoms with E-state index in [1.807, 2.05) is 34.7 Å². The topological polar surface area (TPSA) is 64.2 Å². The maximum absolute atomic E-state index is 13.1. The van der Waals surface area contributed by atoms with Crippen LogP contribution in [0.1, 0.15) is 48.3 Å². The van der Waals surface area contributed by atoms with Crippen LogP contribution in [0.4, 0.5) is 0 Å². The van der Waals surface area contributed by atoms with Gasteiger partial charge in [-0.3, -0.25) is 9.48 Å². The first-order valence-electron chi connectivity index (χ1n) is 8.92. The van der Waals surface area contributed by atoms with Gasteiger partial charge in [-0.2, -0.15) is 5.10 Å².